The molecule has 1 aromatic carbocycles. The third kappa shape index (κ3) is 2.92. The number of oxime groups is 1. The van der Waals surface area contributed by atoms with E-state index in [2.05, 4.69) is 24.7 Å². The normalized spacial score (nSPS) is 12.1. The van der Waals surface area contributed by atoms with E-state index < -0.39 is 17.9 Å². The van der Waals surface area contributed by atoms with Gasteiger partial charge in [-0.1, -0.05) is 10.3 Å². The Balaban J connectivity index is 2.38. The van der Waals surface area contributed by atoms with Crippen LogP contribution in [0.1, 0.15) is 11.5 Å². The quantitative estimate of drug-likeness (QED) is 0.495. The summed E-state index contributed by atoms with van der Waals surface area (Å²) in [5, 5.41) is 6.57. The number of hydrogen-bond acceptors (Lipinski definition) is 5. The zero-order valence-corrected chi connectivity index (χ0v) is 9.98. The number of hydrogen-bond donors (Lipinski definition) is 0. The fraction of sp³-hybridized carbons (Fsp3) is 0.182. The predicted molar refractivity (Wildman–Crippen MR) is 59.3 cm³/mol. The summed E-state index contributed by atoms with van der Waals surface area (Å²) in [6, 6.07) is 3.50. The first-order valence-corrected chi connectivity index (χ1v) is 5.19. The molecule has 1 heterocycles. The molecule has 5 nitrogen and oxygen atoms in total. The fourth-order valence-electron chi connectivity index (χ4n) is 1.35. The number of benzene rings is 1. The standard InChI is InChI=1S/C11H7F4N3O2/c1-19-16-5-7-4-6(2-3-8(7)12)9-17-10(20-18-9)11(13,14)15/h2-5H,1H3/b16-5+. The molecule has 0 radical (unpaired) electrons. The summed E-state index contributed by atoms with van der Waals surface area (Å²) in [5.41, 5.74) is 0.172. The average Bonchev–Trinajstić information content (AvgIpc) is 2.87. The van der Waals surface area contributed by atoms with Crippen LogP contribution in [0.5, 0.6) is 0 Å². The average molecular weight is 289 g/mol. The van der Waals surface area contributed by atoms with Gasteiger partial charge >= 0.3 is 12.1 Å². The Hall–Kier alpha value is -2.45. The number of aromatic nitrogens is 2. The first-order chi connectivity index (χ1) is 9.41. The zero-order chi connectivity index (χ0) is 14.8. The van der Waals surface area contributed by atoms with Gasteiger partial charge in [0.25, 0.3) is 0 Å². The molecule has 0 fully saturated rings. The summed E-state index contributed by atoms with van der Waals surface area (Å²) in [4.78, 5) is 7.60. The van der Waals surface area contributed by atoms with Crippen LogP contribution in [0, 0.1) is 5.82 Å². The molecule has 0 saturated heterocycles. The molecule has 106 valence electrons. The molecule has 2 rings (SSSR count). The molecule has 0 amide bonds. The second-order valence-corrected chi connectivity index (χ2v) is 3.57. The lowest BCUT2D eigenvalue weighted by molar-refractivity contribution is -0.159. The van der Waals surface area contributed by atoms with E-state index in [1.165, 1.54) is 19.2 Å². The van der Waals surface area contributed by atoms with Gasteiger partial charge in [-0.3, -0.25) is 0 Å². The van der Waals surface area contributed by atoms with Crippen molar-refractivity contribution in [2.24, 2.45) is 5.16 Å². The molecule has 0 atom stereocenters. The van der Waals surface area contributed by atoms with Crippen molar-refractivity contribution < 1.29 is 26.9 Å². The van der Waals surface area contributed by atoms with Crippen LogP contribution in [0.25, 0.3) is 11.4 Å². The molecule has 0 saturated carbocycles. The number of halogens is 4. The summed E-state index contributed by atoms with van der Waals surface area (Å²) in [5.74, 6) is -2.39. The molecule has 0 spiro atoms. The molecule has 2 aromatic rings. The molecule has 20 heavy (non-hydrogen) atoms. The first-order valence-electron chi connectivity index (χ1n) is 5.19. The molecule has 0 aliphatic rings. The van der Waals surface area contributed by atoms with E-state index in [0.717, 1.165) is 12.3 Å². The highest BCUT2D eigenvalue weighted by Gasteiger charge is 2.38. The second kappa shape index (κ2) is 5.27. The van der Waals surface area contributed by atoms with Crippen LogP contribution in [0.15, 0.2) is 27.9 Å². The Morgan fingerprint density at radius 2 is 2.10 bits per heavy atom. The smallest absolute Gasteiger partial charge is 0.399 e. The monoisotopic (exact) mass is 289 g/mol. The molecule has 1 aromatic heterocycles. The zero-order valence-electron chi connectivity index (χ0n) is 9.98. The van der Waals surface area contributed by atoms with Crippen LogP contribution in [0.2, 0.25) is 0 Å². The van der Waals surface area contributed by atoms with Crippen LogP contribution in [-0.4, -0.2) is 23.5 Å². The summed E-state index contributed by atoms with van der Waals surface area (Å²) in [6.45, 7) is 0. The van der Waals surface area contributed by atoms with Crippen molar-refractivity contribution >= 4 is 6.21 Å². The van der Waals surface area contributed by atoms with E-state index in [1.807, 2.05) is 0 Å². The molecular formula is C11H7F4N3O2. The molecule has 0 aliphatic heterocycles. The summed E-state index contributed by atoms with van der Waals surface area (Å²) in [7, 11) is 1.27. The van der Waals surface area contributed by atoms with Crippen molar-refractivity contribution in [1.29, 1.82) is 0 Å². The van der Waals surface area contributed by atoms with Gasteiger partial charge in [0.05, 0.1) is 6.21 Å². The van der Waals surface area contributed by atoms with Gasteiger partial charge in [0.2, 0.25) is 5.82 Å². The maximum absolute atomic E-state index is 13.4. The lowest BCUT2D eigenvalue weighted by Gasteiger charge is -1.99. The number of nitrogens with zero attached hydrogens (tertiary/aromatic N) is 3. The third-order valence-corrected chi connectivity index (χ3v) is 2.22. The van der Waals surface area contributed by atoms with E-state index in [0.29, 0.717) is 0 Å². The van der Waals surface area contributed by atoms with Gasteiger partial charge < -0.3 is 9.36 Å². The maximum atomic E-state index is 13.4. The highest BCUT2D eigenvalue weighted by atomic mass is 19.4. The van der Waals surface area contributed by atoms with Crippen molar-refractivity contribution in [2.75, 3.05) is 7.11 Å². The Kier molecular flexibility index (Phi) is 3.68. The van der Waals surface area contributed by atoms with E-state index in [4.69, 9.17) is 0 Å². The van der Waals surface area contributed by atoms with Crippen LogP contribution in [0.4, 0.5) is 17.6 Å². The van der Waals surface area contributed by atoms with Crippen LogP contribution >= 0.6 is 0 Å². The SMILES string of the molecule is CO/N=C/c1cc(-c2noc(C(F)(F)F)n2)ccc1F. The van der Waals surface area contributed by atoms with Crippen molar-refractivity contribution in [3.63, 3.8) is 0 Å². The highest BCUT2D eigenvalue weighted by molar-refractivity contribution is 5.81. The Morgan fingerprint density at radius 1 is 1.35 bits per heavy atom. The Labute approximate surface area is 109 Å². The van der Waals surface area contributed by atoms with Crippen molar-refractivity contribution in [2.45, 2.75) is 6.18 Å². The van der Waals surface area contributed by atoms with Crippen LogP contribution in [-0.2, 0) is 11.0 Å². The number of rotatable bonds is 3. The fourth-order valence-corrected chi connectivity index (χ4v) is 1.35. The van der Waals surface area contributed by atoms with Crippen molar-refractivity contribution in [3.8, 4) is 11.4 Å². The highest BCUT2D eigenvalue weighted by Crippen LogP contribution is 2.29. The second-order valence-electron chi connectivity index (χ2n) is 3.57. The molecule has 0 unspecified atom stereocenters. The van der Waals surface area contributed by atoms with E-state index >= 15 is 0 Å². The van der Waals surface area contributed by atoms with Crippen LogP contribution < -0.4 is 0 Å². The molecule has 9 heteroatoms. The largest absolute Gasteiger partial charge is 0.471 e. The lowest BCUT2D eigenvalue weighted by Crippen LogP contribution is -2.04. The van der Waals surface area contributed by atoms with Gasteiger partial charge in [0.1, 0.15) is 12.9 Å². The van der Waals surface area contributed by atoms with Gasteiger partial charge in [-0.25, -0.2) is 4.39 Å². The minimum Gasteiger partial charge on any atom is -0.399 e. The van der Waals surface area contributed by atoms with Crippen LogP contribution in [0.3, 0.4) is 0 Å². The van der Waals surface area contributed by atoms with Gasteiger partial charge in [-0.05, 0) is 18.2 Å². The van der Waals surface area contributed by atoms with Crippen molar-refractivity contribution in [3.05, 3.63) is 35.5 Å². The molecule has 0 aliphatic carbocycles. The lowest BCUT2D eigenvalue weighted by atomic mass is 10.1. The minimum atomic E-state index is -4.73. The maximum Gasteiger partial charge on any atom is 0.471 e. The first kappa shape index (κ1) is 14.0. The number of alkyl halides is 3. The molecular weight excluding hydrogens is 282 g/mol. The van der Waals surface area contributed by atoms with Crippen molar-refractivity contribution in [1.82, 2.24) is 10.1 Å². The minimum absolute atomic E-state index is 0.0164. The van der Waals surface area contributed by atoms with Gasteiger partial charge in [0, 0.05) is 11.1 Å². The van der Waals surface area contributed by atoms with E-state index in [-0.39, 0.29) is 17.0 Å². The van der Waals surface area contributed by atoms with Gasteiger partial charge in [-0.15, -0.1) is 0 Å². The summed E-state index contributed by atoms with van der Waals surface area (Å²) >= 11 is 0. The van der Waals surface area contributed by atoms with Gasteiger partial charge in [-0.2, -0.15) is 18.2 Å². The Bertz CT molecular complexity index is 637. The van der Waals surface area contributed by atoms with E-state index in [9.17, 15) is 17.6 Å². The molecule has 0 bridgehead atoms. The van der Waals surface area contributed by atoms with Gasteiger partial charge in [0.15, 0.2) is 0 Å². The summed E-state index contributed by atoms with van der Waals surface area (Å²) < 4.78 is 54.5. The third-order valence-electron chi connectivity index (χ3n) is 2.22. The summed E-state index contributed by atoms with van der Waals surface area (Å²) in [6.07, 6.45) is -3.66. The predicted octanol–water partition coefficient (Wildman–Crippen LogP) is 2.87. The Morgan fingerprint density at radius 3 is 2.70 bits per heavy atom. The molecule has 0 N–H and O–H groups in total. The van der Waals surface area contributed by atoms with E-state index in [1.54, 1.807) is 0 Å². The topological polar surface area (TPSA) is 60.5 Å².